The predicted molar refractivity (Wildman–Crippen MR) is 133 cm³/mol. The number of ether oxygens (including phenoxy) is 2. The number of benzene rings is 1. The minimum absolute atomic E-state index is 0.0833. The summed E-state index contributed by atoms with van der Waals surface area (Å²) < 4.78 is 10.7. The van der Waals surface area contributed by atoms with Gasteiger partial charge in [-0.3, -0.25) is 14.9 Å². The molecule has 1 fully saturated rings. The zero-order chi connectivity index (χ0) is 24.9. The Labute approximate surface area is 203 Å². The van der Waals surface area contributed by atoms with Crippen LogP contribution in [0.2, 0.25) is 0 Å². The van der Waals surface area contributed by atoms with Crippen molar-refractivity contribution in [2.75, 3.05) is 19.9 Å². The van der Waals surface area contributed by atoms with Crippen molar-refractivity contribution in [1.29, 1.82) is 0 Å². The molecule has 1 aliphatic heterocycles. The van der Waals surface area contributed by atoms with Crippen LogP contribution >= 0.6 is 21.6 Å². The molecule has 0 aliphatic carbocycles. The van der Waals surface area contributed by atoms with Crippen molar-refractivity contribution < 1.29 is 29.0 Å². The molecule has 0 aromatic heterocycles. The van der Waals surface area contributed by atoms with Crippen molar-refractivity contribution in [2.45, 2.75) is 57.2 Å². The zero-order valence-electron chi connectivity index (χ0n) is 19.7. The Balaban J connectivity index is 0.000000675. The molecule has 2 amide bonds. The van der Waals surface area contributed by atoms with Gasteiger partial charge < -0.3 is 19.5 Å². The van der Waals surface area contributed by atoms with Crippen molar-refractivity contribution in [3.05, 3.63) is 48.0 Å². The van der Waals surface area contributed by atoms with Gasteiger partial charge in [0.25, 0.3) is 11.6 Å². The van der Waals surface area contributed by atoms with E-state index in [1.54, 1.807) is 29.7 Å². The van der Waals surface area contributed by atoms with Crippen molar-refractivity contribution in [3.63, 3.8) is 0 Å². The molecule has 2 N–H and O–H groups in total. The molecule has 0 bridgehead atoms. The van der Waals surface area contributed by atoms with Gasteiger partial charge in [-0.2, -0.15) is 0 Å². The van der Waals surface area contributed by atoms with Gasteiger partial charge in [0, 0.05) is 19.9 Å². The fourth-order valence-electron chi connectivity index (χ4n) is 2.86. The Hall–Kier alpha value is -2.17. The molecule has 0 spiro atoms. The molecule has 184 valence electrons. The number of rotatable bonds is 12. The third kappa shape index (κ3) is 9.30. The second-order valence-electron chi connectivity index (χ2n) is 7.55. The first-order valence-electron chi connectivity index (χ1n) is 10.6. The highest BCUT2D eigenvalue weighted by atomic mass is 33.1. The summed E-state index contributed by atoms with van der Waals surface area (Å²) in [5, 5.41) is 10.4. The number of amides is 2. The monoisotopic (exact) mass is 498 g/mol. The number of hydrogen-bond donors (Lipinski definition) is 2. The van der Waals surface area contributed by atoms with E-state index in [1.165, 1.54) is 30.7 Å². The van der Waals surface area contributed by atoms with E-state index in [9.17, 15) is 14.4 Å². The Morgan fingerprint density at radius 3 is 2.45 bits per heavy atom. The van der Waals surface area contributed by atoms with Crippen LogP contribution in [0.4, 0.5) is 4.79 Å². The van der Waals surface area contributed by atoms with Gasteiger partial charge >= 0.3 is 12.1 Å². The lowest BCUT2D eigenvalue weighted by Gasteiger charge is -2.51. The van der Waals surface area contributed by atoms with Gasteiger partial charge in [0.15, 0.2) is 0 Å². The maximum absolute atomic E-state index is 12.4. The lowest BCUT2D eigenvalue weighted by atomic mass is 10.0. The number of carboxylic acids is 1. The van der Waals surface area contributed by atoms with E-state index in [1.807, 2.05) is 30.3 Å². The summed E-state index contributed by atoms with van der Waals surface area (Å²) in [5.41, 5.74) is 0.196. The van der Waals surface area contributed by atoms with Gasteiger partial charge in [-0.05, 0) is 18.9 Å². The molecule has 1 aliphatic rings. The molecule has 0 saturated carbocycles. The number of alkyl carbamates (subject to hydrolysis) is 1. The highest BCUT2D eigenvalue weighted by Crippen LogP contribution is 2.43. The highest BCUT2D eigenvalue weighted by molar-refractivity contribution is 8.77. The van der Waals surface area contributed by atoms with Gasteiger partial charge in [-0.15, -0.1) is 0 Å². The molecular weight excluding hydrogens is 464 g/mol. The van der Waals surface area contributed by atoms with E-state index in [0.29, 0.717) is 5.57 Å². The smallest absolute Gasteiger partial charge is 0.410 e. The normalized spacial score (nSPS) is 19.1. The lowest BCUT2D eigenvalue weighted by Crippen LogP contribution is -2.78. The number of carboxylic acid groups (broad SMARTS) is 1. The third-order valence-corrected chi connectivity index (χ3v) is 7.48. The van der Waals surface area contributed by atoms with Crippen LogP contribution in [0.1, 0.15) is 45.1 Å². The largest absolute Gasteiger partial charge is 0.481 e. The highest BCUT2D eigenvalue weighted by Gasteiger charge is 2.62. The van der Waals surface area contributed by atoms with Crippen molar-refractivity contribution in [2.24, 2.45) is 0 Å². The van der Waals surface area contributed by atoms with Crippen LogP contribution in [0.5, 0.6) is 0 Å². The number of unbranched alkanes of at least 4 members (excludes halogenated alkanes) is 2. The van der Waals surface area contributed by atoms with Gasteiger partial charge in [-0.1, -0.05) is 83.8 Å². The van der Waals surface area contributed by atoms with Crippen LogP contribution in [-0.4, -0.2) is 59.0 Å². The molecule has 1 aromatic rings. The van der Waals surface area contributed by atoms with Crippen molar-refractivity contribution >= 4 is 39.6 Å². The molecule has 2 atom stereocenters. The Kier molecular flexibility index (Phi) is 13.0. The number of nitrogens with zero attached hydrogens (tertiary/aromatic N) is 1. The van der Waals surface area contributed by atoms with Gasteiger partial charge in [0.05, 0.1) is 6.42 Å². The average Bonchev–Trinajstić information content (AvgIpc) is 2.78. The number of carbonyl (C=O) groups excluding carboxylic acids is 2. The maximum Gasteiger partial charge on any atom is 0.410 e. The maximum atomic E-state index is 12.4. The molecule has 0 radical (unpaired) electrons. The van der Waals surface area contributed by atoms with Crippen LogP contribution in [0.3, 0.4) is 0 Å². The topological polar surface area (TPSA) is 105 Å². The SMILES string of the molecule is C=C(C)CC(=O)O.CCCCCSS[C@H]1N(C)C(=O)[C@]1(NC(=O)OCc1ccccc1)OC. The first-order valence-corrected chi connectivity index (χ1v) is 13.0. The standard InChI is InChI=1S/C18H26N2O4S2.C5H8O2/c1-4-5-9-12-25-26-16-18(23-3,15(21)20(16)2)19-17(22)24-13-14-10-7-6-8-11-14;1-4(2)3-5(6)7/h6-8,10-11,16H,4-5,9,12-13H2,1-3H3,(H,19,22);1,3H2,2H3,(H,6,7)/t16-,18+;/m1./s1. The molecule has 10 heteroatoms. The van der Waals surface area contributed by atoms with Crippen LogP contribution in [-0.2, 0) is 25.7 Å². The number of likely N-dealkylation sites (tertiary alicyclic amines) is 1. The summed E-state index contributed by atoms with van der Waals surface area (Å²) in [7, 11) is 6.37. The molecule has 0 unspecified atom stereocenters. The zero-order valence-corrected chi connectivity index (χ0v) is 21.3. The van der Waals surface area contributed by atoms with E-state index in [-0.39, 0.29) is 24.3 Å². The summed E-state index contributed by atoms with van der Waals surface area (Å²) >= 11 is 0. The number of β-lactam (4-membered cyclic amide) rings is 1. The van der Waals surface area contributed by atoms with Crippen LogP contribution in [0.15, 0.2) is 42.5 Å². The Morgan fingerprint density at radius 2 is 1.94 bits per heavy atom. The van der Waals surface area contributed by atoms with Crippen molar-refractivity contribution in [1.82, 2.24) is 10.2 Å². The van der Waals surface area contributed by atoms with E-state index in [4.69, 9.17) is 14.6 Å². The fraction of sp³-hybridized carbons (Fsp3) is 0.522. The van der Waals surface area contributed by atoms with E-state index in [2.05, 4.69) is 18.8 Å². The number of hydrogen-bond acceptors (Lipinski definition) is 7. The molecular formula is C23H34N2O6S2. The summed E-state index contributed by atoms with van der Waals surface area (Å²) in [6.07, 6.45) is 2.90. The number of likely N-dealkylation sites (N-methyl/N-ethyl adjacent to an activating group) is 1. The van der Waals surface area contributed by atoms with Crippen LogP contribution in [0.25, 0.3) is 0 Å². The van der Waals surface area contributed by atoms with E-state index in [0.717, 1.165) is 17.7 Å². The van der Waals surface area contributed by atoms with E-state index >= 15 is 0 Å². The minimum Gasteiger partial charge on any atom is -0.481 e. The van der Waals surface area contributed by atoms with Gasteiger partial charge in [0.1, 0.15) is 12.0 Å². The van der Waals surface area contributed by atoms with Crippen molar-refractivity contribution in [3.8, 4) is 0 Å². The molecule has 33 heavy (non-hydrogen) atoms. The number of nitrogens with one attached hydrogen (secondary N) is 1. The second-order valence-corrected chi connectivity index (χ2v) is 10.1. The quantitative estimate of drug-likeness (QED) is 0.141. The minimum atomic E-state index is -1.37. The fourth-order valence-corrected chi connectivity index (χ4v) is 5.85. The summed E-state index contributed by atoms with van der Waals surface area (Å²) in [6.45, 7) is 7.41. The Bertz CT molecular complexity index is 780. The van der Waals surface area contributed by atoms with E-state index < -0.39 is 17.8 Å². The summed E-state index contributed by atoms with van der Waals surface area (Å²) in [4.78, 5) is 35.9. The first kappa shape index (κ1) is 28.9. The molecule has 8 nitrogen and oxygen atoms in total. The van der Waals surface area contributed by atoms with Crippen LogP contribution < -0.4 is 5.32 Å². The summed E-state index contributed by atoms with van der Waals surface area (Å²) in [5.74, 6) is -0.0919. The molecule has 2 rings (SSSR count). The van der Waals surface area contributed by atoms with Gasteiger partial charge in [-0.25, -0.2) is 4.79 Å². The van der Waals surface area contributed by atoms with Crippen LogP contribution in [0, 0.1) is 0 Å². The first-order chi connectivity index (χ1) is 15.7. The second kappa shape index (κ2) is 14.9. The molecule has 1 saturated heterocycles. The van der Waals surface area contributed by atoms with Gasteiger partial charge in [0.2, 0.25) is 0 Å². The Morgan fingerprint density at radius 1 is 1.27 bits per heavy atom. The molecule has 1 aromatic carbocycles. The average molecular weight is 499 g/mol. The lowest BCUT2D eigenvalue weighted by molar-refractivity contribution is -0.188. The number of methoxy groups -OCH3 is 1. The number of aliphatic carboxylic acids is 1. The third-order valence-electron chi connectivity index (χ3n) is 4.60. The number of carbonyl (C=O) groups is 3. The summed E-state index contributed by atoms with van der Waals surface area (Å²) in [6, 6.07) is 9.38. The predicted octanol–water partition coefficient (Wildman–Crippen LogP) is 4.66. The molecule has 1 heterocycles.